The molecular weight excluding hydrogens is 296 g/mol. The molecule has 1 amide bonds. The maximum atomic E-state index is 12.3. The molecule has 1 N–H and O–H groups in total. The zero-order valence-corrected chi connectivity index (χ0v) is 13.4. The number of rotatable bonds is 5. The van der Waals surface area contributed by atoms with Gasteiger partial charge in [0.2, 0.25) is 10.0 Å². The third-order valence-corrected chi connectivity index (χ3v) is 6.45. The van der Waals surface area contributed by atoms with Gasteiger partial charge in [0.1, 0.15) is 0 Å². The molecule has 1 atom stereocenters. The molecular formula is C13H20N2O3S2. The zero-order valence-electron chi connectivity index (χ0n) is 11.8. The number of carbonyl (C=O) groups is 1. The fourth-order valence-corrected chi connectivity index (χ4v) is 4.73. The normalized spacial score (nSPS) is 18.1. The number of hydrogen-bond donors (Lipinski definition) is 1. The van der Waals surface area contributed by atoms with E-state index in [0.29, 0.717) is 18.0 Å². The van der Waals surface area contributed by atoms with Crippen molar-refractivity contribution in [2.24, 2.45) is 0 Å². The van der Waals surface area contributed by atoms with E-state index in [1.165, 1.54) is 21.7 Å². The average Bonchev–Trinajstić information content (AvgIpc) is 3.09. The molecule has 0 aromatic carbocycles. The van der Waals surface area contributed by atoms with E-state index < -0.39 is 10.0 Å². The van der Waals surface area contributed by atoms with E-state index in [1.54, 1.807) is 5.38 Å². The van der Waals surface area contributed by atoms with E-state index in [-0.39, 0.29) is 16.8 Å². The first-order valence-electron chi connectivity index (χ1n) is 6.84. The Hall–Kier alpha value is -0.920. The molecule has 0 aliphatic carbocycles. The van der Waals surface area contributed by atoms with Crippen LogP contribution in [0.5, 0.6) is 0 Å². The predicted octanol–water partition coefficient (Wildman–Crippen LogP) is 2.06. The van der Waals surface area contributed by atoms with Crippen molar-refractivity contribution in [1.82, 2.24) is 9.62 Å². The minimum absolute atomic E-state index is 0.0863. The van der Waals surface area contributed by atoms with Crippen LogP contribution in [0.4, 0.5) is 0 Å². The molecule has 0 spiro atoms. The summed E-state index contributed by atoms with van der Waals surface area (Å²) >= 11 is 1.18. The minimum atomic E-state index is -3.42. The Bertz CT molecular complexity index is 574. The summed E-state index contributed by atoms with van der Waals surface area (Å²) < 4.78 is 26.2. The van der Waals surface area contributed by atoms with Crippen molar-refractivity contribution < 1.29 is 13.2 Å². The largest absolute Gasteiger partial charge is 0.349 e. The Kier molecular flexibility index (Phi) is 4.82. The van der Waals surface area contributed by atoms with Gasteiger partial charge in [-0.2, -0.15) is 4.31 Å². The second kappa shape index (κ2) is 6.24. The Balaban J connectivity index is 2.14. The number of thiophene rings is 1. The lowest BCUT2D eigenvalue weighted by Gasteiger charge is -2.13. The fourth-order valence-electron chi connectivity index (χ4n) is 2.05. The van der Waals surface area contributed by atoms with Crippen molar-refractivity contribution in [3.8, 4) is 0 Å². The molecule has 0 unspecified atom stereocenters. The van der Waals surface area contributed by atoms with Gasteiger partial charge in [-0.3, -0.25) is 4.79 Å². The van der Waals surface area contributed by atoms with E-state index in [9.17, 15) is 13.2 Å². The molecule has 1 aromatic heterocycles. The molecule has 7 heteroatoms. The van der Waals surface area contributed by atoms with Crippen molar-refractivity contribution in [3.05, 3.63) is 16.3 Å². The van der Waals surface area contributed by atoms with E-state index in [2.05, 4.69) is 5.32 Å². The maximum Gasteiger partial charge on any atom is 0.261 e. The number of amides is 1. The van der Waals surface area contributed by atoms with Crippen molar-refractivity contribution in [3.63, 3.8) is 0 Å². The predicted molar refractivity (Wildman–Crippen MR) is 79.5 cm³/mol. The number of nitrogens with one attached hydrogen (secondary N) is 1. The highest BCUT2D eigenvalue weighted by Crippen LogP contribution is 2.25. The molecule has 112 valence electrons. The molecule has 0 radical (unpaired) electrons. The van der Waals surface area contributed by atoms with Crippen molar-refractivity contribution in [2.45, 2.75) is 44.0 Å². The van der Waals surface area contributed by atoms with Gasteiger partial charge in [0.15, 0.2) is 0 Å². The average molecular weight is 316 g/mol. The van der Waals surface area contributed by atoms with Crippen LogP contribution >= 0.6 is 11.3 Å². The number of hydrogen-bond acceptors (Lipinski definition) is 4. The smallest absolute Gasteiger partial charge is 0.261 e. The lowest BCUT2D eigenvalue weighted by molar-refractivity contribution is 0.0943. The van der Waals surface area contributed by atoms with Crippen molar-refractivity contribution in [1.29, 1.82) is 0 Å². The molecule has 0 bridgehead atoms. The molecule has 20 heavy (non-hydrogen) atoms. The first kappa shape index (κ1) is 15.5. The SMILES string of the molecule is CC[C@H](C)NC(=O)c1cc(S(=O)(=O)N2CCCC2)cs1. The van der Waals surface area contributed by atoms with Crippen LogP contribution in [0.2, 0.25) is 0 Å². The summed E-state index contributed by atoms with van der Waals surface area (Å²) in [5.74, 6) is -0.202. The highest BCUT2D eigenvalue weighted by molar-refractivity contribution is 7.89. The molecule has 1 saturated heterocycles. The van der Waals surface area contributed by atoms with Crippen LogP contribution in [0.15, 0.2) is 16.3 Å². The highest BCUT2D eigenvalue weighted by atomic mass is 32.2. The van der Waals surface area contributed by atoms with Crippen LogP contribution in [0, 0.1) is 0 Å². The third kappa shape index (κ3) is 3.21. The van der Waals surface area contributed by atoms with Gasteiger partial charge in [0, 0.05) is 24.5 Å². The summed E-state index contributed by atoms with van der Waals surface area (Å²) in [5.41, 5.74) is 0. The Morgan fingerprint density at radius 2 is 2.10 bits per heavy atom. The van der Waals surface area contributed by atoms with E-state index in [0.717, 1.165) is 19.3 Å². The molecule has 1 aromatic rings. The summed E-state index contributed by atoms with van der Waals surface area (Å²) in [7, 11) is -3.42. The Morgan fingerprint density at radius 1 is 1.45 bits per heavy atom. The van der Waals surface area contributed by atoms with Crippen LogP contribution < -0.4 is 5.32 Å². The van der Waals surface area contributed by atoms with Crippen LogP contribution in [0.3, 0.4) is 0 Å². The van der Waals surface area contributed by atoms with Gasteiger partial charge in [-0.05, 0) is 32.3 Å². The molecule has 0 saturated carbocycles. The molecule has 2 rings (SSSR count). The van der Waals surface area contributed by atoms with Crippen LogP contribution in [-0.4, -0.2) is 37.8 Å². The topological polar surface area (TPSA) is 66.5 Å². The fraction of sp³-hybridized carbons (Fsp3) is 0.615. The van der Waals surface area contributed by atoms with Crippen LogP contribution in [-0.2, 0) is 10.0 Å². The highest BCUT2D eigenvalue weighted by Gasteiger charge is 2.28. The lowest BCUT2D eigenvalue weighted by Crippen LogP contribution is -2.31. The lowest BCUT2D eigenvalue weighted by atomic mass is 10.2. The monoisotopic (exact) mass is 316 g/mol. The van der Waals surface area contributed by atoms with E-state index in [1.807, 2.05) is 13.8 Å². The van der Waals surface area contributed by atoms with Gasteiger partial charge >= 0.3 is 0 Å². The van der Waals surface area contributed by atoms with Gasteiger partial charge in [0.05, 0.1) is 9.77 Å². The Labute approximate surface area is 124 Å². The molecule has 1 fully saturated rings. The van der Waals surface area contributed by atoms with Crippen LogP contribution in [0.25, 0.3) is 0 Å². The first-order valence-corrected chi connectivity index (χ1v) is 9.16. The quantitative estimate of drug-likeness (QED) is 0.904. The minimum Gasteiger partial charge on any atom is -0.349 e. The standard InChI is InChI=1S/C13H20N2O3S2/c1-3-10(2)14-13(16)12-8-11(9-19-12)20(17,18)15-6-4-5-7-15/h8-10H,3-7H2,1-2H3,(H,14,16)/t10-/m0/s1. The van der Waals surface area contributed by atoms with Crippen molar-refractivity contribution in [2.75, 3.05) is 13.1 Å². The van der Waals surface area contributed by atoms with Gasteiger partial charge in [0.25, 0.3) is 5.91 Å². The summed E-state index contributed by atoms with van der Waals surface area (Å²) in [6.07, 6.45) is 2.66. The van der Waals surface area contributed by atoms with Gasteiger partial charge in [-0.15, -0.1) is 11.3 Å². The second-order valence-corrected chi connectivity index (χ2v) is 7.89. The third-order valence-electron chi connectivity index (χ3n) is 3.49. The Morgan fingerprint density at radius 3 is 2.70 bits per heavy atom. The van der Waals surface area contributed by atoms with Gasteiger partial charge < -0.3 is 5.32 Å². The molecule has 1 aliphatic rings. The van der Waals surface area contributed by atoms with Crippen LogP contribution in [0.1, 0.15) is 42.8 Å². The molecule has 1 aliphatic heterocycles. The zero-order chi connectivity index (χ0) is 14.8. The summed E-state index contributed by atoms with van der Waals surface area (Å²) in [5, 5.41) is 4.40. The van der Waals surface area contributed by atoms with E-state index in [4.69, 9.17) is 0 Å². The van der Waals surface area contributed by atoms with E-state index >= 15 is 0 Å². The second-order valence-electron chi connectivity index (χ2n) is 5.04. The van der Waals surface area contributed by atoms with Crippen molar-refractivity contribution >= 4 is 27.3 Å². The molecule has 5 nitrogen and oxygen atoms in total. The summed E-state index contributed by atoms with van der Waals surface area (Å²) in [4.78, 5) is 12.6. The number of carbonyl (C=O) groups excluding carboxylic acids is 1. The number of sulfonamides is 1. The summed E-state index contributed by atoms with van der Waals surface area (Å²) in [6.45, 7) is 5.06. The van der Waals surface area contributed by atoms with Gasteiger partial charge in [-0.1, -0.05) is 6.92 Å². The first-order chi connectivity index (χ1) is 9.45. The number of nitrogens with zero attached hydrogens (tertiary/aromatic N) is 1. The molecule has 2 heterocycles. The van der Waals surface area contributed by atoms with Gasteiger partial charge in [-0.25, -0.2) is 8.42 Å². The summed E-state index contributed by atoms with van der Waals surface area (Å²) in [6, 6.07) is 1.57. The maximum absolute atomic E-state index is 12.3.